The lowest BCUT2D eigenvalue weighted by molar-refractivity contribution is 0.0741. The molecule has 1 aliphatic rings. The highest BCUT2D eigenvalue weighted by molar-refractivity contribution is 6.00. The molecule has 0 aliphatic carbocycles. The van der Waals surface area contributed by atoms with E-state index in [0.717, 1.165) is 35.3 Å². The van der Waals surface area contributed by atoms with E-state index in [1.165, 1.54) is 0 Å². The fraction of sp³-hybridized carbons (Fsp3) is 0.214. The highest BCUT2D eigenvalue weighted by Crippen LogP contribution is 2.44. The summed E-state index contributed by atoms with van der Waals surface area (Å²) in [5.41, 5.74) is 4.52. The van der Waals surface area contributed by atoms with Gasteiger partial charge in [-0.05, 0) is 41.8 Å². The molecule has 6 heteroatoms. The molecule has 1 atom stereocenters. The molecule has 5 rings (SSSR count). The SMILES string of the molecule is CCCCN1C(=O)c2[nH]nc(-c3ccccc3O)c2[C@H]1c1cccc(OCc2ccccc2)c1. The number of fused-ring (bicyclic) bond motifs is 1. The molecule has 0 saturated heterocycles. The Labute approximate surface area is 198 Å². The summed E-state index contributed by atoms with van der Waals surface area (Å²) in [5, 5.41) is 17.9. The van der Waals surface area contributed by atoms with Gasteiger partial charge in [-0.25, -0.2) is 0 Å². The number of aromatic amines is 1. The first-order chi connectivity index (χ1) is 16.7. The molecule has 0 spiro atoms. The Morgan fingerprint density at radius 2 is 1.82 bits per heavy atom. The van der Waals surface area contributed by atoms with Crippen LogP contribution in [0.5, 0.6) is 11.5 Å². The maximum atomic E-state index is 13.4. The molecule has 0 fully saturated rings. The maximum Gasteiger partial charge on any atom is 0.273 e. The van der Waals surface area contributed by atoms with Crippen LogP contribution in [0.4, 0.5) is 0 Å². The fourth-order valence-electron chi connectivity index (χ4n) is 4.50. The van der Waals surface area contributed by atoms with Gasteiger partial charge in [-0.1, -0.05) is 67.9 Å². The van der Waals surface area contributed by atoms with Crippen molar-refractivity contribution < 1.29 is 14.6 Å². The monoisotopic (exact) mass is 453 g/mol. The number of nitrogens with one attached hydrogen (secondary N) is 1. The normalized spacial score (nSPS) is 14.9. The van der Waals surface area contributed by atoms with E-state index in [0.29, 0.717) is 30.1 Å². The molecule has 0 radical (unpaired) electrons. The van der Waals surface area contributed by atoms with Crippen LogP contribution in [0, 0.1) is 0 Å². The molecule has 4 aromatic rings. The van der Waals surface area contributed by atoms with Crippen LogP contribution in [0.3, 0.4) is 0 Å². The predicted octanol–water partition coefficient (Wildman–Crippen LogP) is 5.71. The molecule has 1 aliphatic heterocycles. The van der Waals surface area contributed by atoms with Crippen LogP contribution in [0.25, 0.3) is 11.3 Å². The summed E-state index contributed by atoms with van der Waals surface area (Å²) in [7, 11) is 0. The number of amides is 1. The van der Waals surface area contributed by atoms with Gasteiger partial charge >= 0.3 is 0 Å². The van der Waals surface area contributed by atoms with Crippen molar-refractivity contribution in [3.8, 4) is 22.8 Å². The van der Waals surface area contributed by atoms with Gasteiger partial charge in [0.1, 0.15) is 29.5 Å². The maximum absolute atomic E-state index is 13.4. The third kappa shape index (κ3) is 4.03. The molecule has 2 N–H and O–H groups in total. The second-order valence-electron chi connectivity index (χ2n) is 8.48. The van der Waals surface area contributed by atoms with Crippen molar-refractivity contribution in [1.29, 1.82) is 0 Å². The Bertz CT molecular complexity index is 1300. The number of phenolic OH excluding ortho intramolecular Hbond substituents is 1. The number of carbonyl (C=O) groups is 1. The number of H-pyrrole nitrogens is 1. The molecule has 0 unspecified atom stereocenters. The van der Waals surface area contributed by atoms with Crippen LogP contribution in [0.2, 0.25) is 0 Å². The molecule has 1 amide bonds. The number of nitrogens with zero attached hydrogens (tertiary/aromatic N) is 2. The number of rotatable bonds is 8. The highest BCUT2D eigenvalue weighted by Gasteiger charge is 2.42. The zero-order chi connectivity index (χ0) is 23.5. The van der Waals surface area contributed by atoms with Crippen LogP contribution in [0.15, 0.2) is 78.9 Å². The molecule has 34 heavy (non-hydrogen) atoms. The summed E-state index contributed by atoms with van der Waals surface area (Å²) in [6, 6.07) is 24.7. The molecular formula is C28H27N3O3. The average molecular weight is 454 g/mol. The Morgan fingerprint density at radius 1 is 1.03 bits per heavy atom. The molecule has 3 aromatic carbocycles. The van der Waals surface area contributed by atoms with Gasteiger partial charge in [0.05, 0.1) is 6.04 Å². The van der Waals surface area contributed by atoms with Gasteiger partial charge in [0, 0.05) is 17.7 Å². The number of hydrogen-bond donors (Lipinski definition) is 2. The molecule has 1 aromatic heterocycles. The third-order valence-electron chi connectivity index (χ3n) is 6.20. The Balaban J connectivity index is 1.54. The molecular weight excluding hydrogens is 426 g/mol. The Morgan fingerprint density at radius 3 is 2.62 bits per heavy atom. The van der Waals surface area contributed by atoms with Gasteiger partial charge < -0.3 is 14.7 Å². The van der Waals surface area contributed by atoms with E-state index in [4.69, 9.17) is 4.74 Å². The largest absolute Gasteiger partial charge is 0.507 e. The molecule has 0 bridgehead atoms. The zero-order valence-corrected chi connectivity index (χ0v) is 19.1. The van der Waals surface area contributed by atoms with Crippen molar-refractivity contribution in [2.45, 2.75) is 32.4 Å². The van der Waals surface area contributed by atoms with Crippen LogP contribution in [-0.4, -0.2) is 32.7 Å². The number of benzene rings is 3. The van der Waals surface area contributed by atoms with Gasteiger partial charge in [0.2, 0.25) is 0 Å². The van der Waals surface area contributed by atoms with E-state index >= 15 is 0 Å². The van der Waals surface area contributed by atoms with Crippen molar-refractivity contribution >= 4 is 5.91 Å². The van der Waals surface area contributed by atoms with Crippen LogP contribution < -0.4 is 4.74 Å². The van der Waals surface area contributed by atoms with Crippen molar-refractivity contribution in [3.05, 3.63) is 101 Å². The Kier molecular flexibility index (Phi) is 6.04. The van der Waals surface area contributed by atoms with Crippen LogP contribution in [-0.2, 0) is 6.61 Å². The van der Waals surface area contributed by atoms with E-state index in [-0.39, 0.29) is 17.7 Å². The Hall–Kier alpha value is -4.06. The average Bonchev–Trinajstić information content (AvgIpc) is 3.41. The first-order valence-electron chi connectivity index (χ1n) is 11.6. The van der Waals surface area contributed by atoms with E-state index < -0.39 is 0 Å². The summed E-state index contributed by atoms with van der Waals surface area (Å²) in [6.07, 6.45) is 1.88. The van der Waals surface area contributed by atoms with Crippen molar-refractivity contribution in [2.24, 2.45) is 0 Å². The lowest BCUT2D eigenvalue weighted by atomic mass is 9.95. The number of para-hydroxylation sites is 1. The number of aromatic nitrogens is 2. The first kappa shape index (κ1) is 21.8. The summed E-state index contributed by atoms with van der Waals surface area (Å²) in [5.74, 6) is 0.804. The van der Waals surface area contributed by atoms with E-state index in [1.807, 2.05) is 71.6 Å². The van der Waals surface area contributed by atoms with E-state index in [9.17, 15) is 9.90 Å². The number of aromatic hydroxyl groups is 1. The quantitative estimate of drug-likeness (QED) is 0.358. The van der Waals surface area contributed by atoms with Crippen molar-refractivity contribution in [3.63, 3.8) is 0 Å². The predicted molar refractivity (Wildman–Crippen MR) is 131 cm³/mol. The number of phenols is 1. The van der Waals surface area contributed by atoms with Gasteiger partial charge in [-0.2, -0.15) is 5.10 Å². The topological polar surface area (TPSA) is 78.5 Å². The molecule has 2 heterocycles. The highest BCUT2D eigenvalue weighted by atomic mass is 16.5. The molecule has 172 valence electrons. The number of carbonyl (C=O) groups excluding carboxylic acids is 1. The summed E-state index contributed by atoms with van der Waals surface area (Å²) < 4.78 is 6.07. The van der Waals surface area contributed by atoms with Crippen LogP contribution >= 0.6 is 0 Å². The first-order valence-corrected chi connectivity index (χ1v) is 11.6. The van der Waals surface area contributed by atoms with Gasteiger partial charge in [0.25, 0.3) is 5.91 Å². The van der Waals surface area contributed by atoms with E-state index in [1.54, 1.807) is 12.1 Å². The van der Waals surface area contributed by atoms with Gasteiger partial charge in [-0.3, -0.25) is 9.89 Å². The van der Waals surface area contributed by atoms with Crippen molar-refractivity contribution in [1.82, 2.24) is 15.1 Å². The number of ether oxygens (including phenoxy) is 1. The summed E-state index contributed by atoms with van der Waals surface area (Å²) in [6.45, 7) is 3.22. The lowest BCUT2D eigenvalue weighted by Crippen LogP contribution is -2.30. The van der Waals surface area contributed by atoms with Crippen molar-refractivity contribution in [2.75, 3.05) is 6.54 Å². The smallest absolute Gasteiger partial charge is 0.273 e. The van der Waals surface area contributed by atoms with Gasteiger partial charge in [0.15, 0.2) is 0 Å². The summed E-state index contributed by atoms with van der Waals surface area (Å²) in [4.78, 5) is 15.3. The number of unbranched alkanes of at least 4 members (excludes halogenated alkanes) is 1. The minimum absolute atomic E-state index is 0.0711. The minimum Gasteiger partial charge on any atom is -0.507 e. The molecule has 0 saturated carbocycles. The lowest BCUT2D eigenvalue weighted by Gasteiger charge is -2.26. The second-order valence-corrected chi connectivity index (χ2v) is 8.48. The second kappa shape index (κ2) is 9.43. The zero-order valence-electron chi connectivity index (χ0n) is 19.1. The minimum atomic E-state index is -0.317. The van der Waals surface area contributed by atoms with E-state index in [2.05, 4.69) is 17.1 Å². The third-order valence-corrected chi connectivity index (χ3v) is 6.20. The van der Waals surface area contributed by atoms with Gasteiger partial charge in [-0.15, -0.1) is 0 Å². The molecule has 6 nitrogen and oxygen atoms in total. The fourth-order valence-corrected chi connectivity index (χ4v) is 4.50. The number of hydrogen-bond acceptors (Lipinski definition) is 4. The standard InChI is InChI=1S/C28H27N3O3/c1-2-3-16-31-27(20-12-9-13-21(17-20)34-18-19-10-5-4-6-11-19)24-25(29-30-26(24)28(31)33)22-14-7-8-15-23(22)32/h4-15,17,27,32H,2-3,16,18H2,1H3,(H,29,30)/t27-/m1/s1. The summed E-state index contributed by atoms with van der Waals surface area (Å²) >= 11 is 0. The van der Waals surface area contributed by atoms with Crippen LogP contribution in [0.1, 0.15) is 53.0 Å².